The Labute approximate surface area is 58.7 Å². The average Bonchev–Trinajstić information content (AvgIpc) is 2.30. The quantitative estimate of drug-likeness (QED) is 0.524. The lowest BCUT2D eigenvalue weighted by molar-refractivity contribution is -0.138. The number of hydrogen-bond donors (Lipinski definition) is 1. The number of rotatable bonds is 2. The maximum atomic E-state index is 10.1. The fraction of sp³-hybridized carbons (Fsp3) is 0.833. The molecule has 0 spiro atoms. The third-order valence-electron chi connectivity index (χ3n) is 1.52. The summed E-state index contributed by atoms with van der Waals surface area (Å²) >= 11 is 0. The molecule has 1 saturated heterocycles. The summed E-state index contributed by atoms with van der Waals surface area (Å²) in [7, 11) is 1.48. The van der Waals surface area contributed by atoms with Gasteiger partial charge in [-0.15, -0.1) is 0 Å². The summed E-state index contributed by atoms with van der Waals surface area (Å²) in [5.74, 6) is 0. The zero-order valence-electron chi connectivity index (χ0n) is 5.69. The van der Waals surface area contributed by atoms with E-state index in [1.165, 1.54) is 7.11 Å². The van der Waals surface area contributed by atoms with Crippen LogP contribution in [0.2, 0.25) is 0 Å². The minimum Gasteiger partial charge on any atom is -0.390 e. The lowest BCUT2D eigenvalue weighted by atomic mass is 10.2. The molecule has 4 nitrogen and oxygen atoms in total. The highest BCUT2D eigenvalue weighted by Gasteiger charge is 2.33. The number of carbonyl (C=O) groups excluding carboxylic acids is 1. The number of aliphatic hydroxyl groups excluding tert-OH is 1. The van der Waals surface area contributed by atoms with Gasteiger partial charge >= 0.3 is 0 Å². The van der Waals surface area contributed by atoms with Gasteiger partial charge in [-0.05, 0) is 0 Å². The number of methoxy groups -OCH3 is 1. The minimum atomic E-state index is -0.706. The Morgan fingerprint density at radius 2 is 2.50 bits per heavy atom. The predicted octanol–water partition coefficient (Wildman–Crippen LogP) is -0.692. The average molecular weight is 146 g/mol. The van der Waals surface area contributed by atoms with Crippen LogP contribution in [0.15, 0.2) is 0 Å². The van der Waals surface area contributed by atoms with Crippen molar-refractivity contribution in [1.82, 2.24) is 0 Å². The number of aldehydes is 1. The molecule has 0 saturated carbocycles. The molecule has 0 bridgehead atoms. The topological polar surface area (TPSA) is 55.8 Å². The largest absolute Gasteiger partial charge is 0.390 e. The van der Waals surface area contributed by atoms with Crippen molar-refractivity contribution in [1.29, 1.82) is 0 Å². The molecule has 1 N–H and O–H groups in total. The molecule has 0 aromatic carbocycles. The fourth-order valence-corrected chi connectivity index (χ4v) is 0.927. The highest BCUT2D eigenvalue weighted by molar-refractivity contribution is 5.57. The van der Waals surface area contributed by atoms with E-state index in [0.29, 0.717) is 12.7 Å². The van der Waals surface area contributed by atoms with Crippen molar-refractivity contribution in [2.45, 2.75) is 24.9 Å². The first kappa shape index (κ1) is 7.65. The number of aliphatic hydroxyl groups is 1. The van der Waals surface area contributed by atoms with Gasteiger partial charge < -0.3 is 19.4 Å². The second-order valence-electron chi connectivity index (χ2n) is 2.21. The Bertz CT molecular complexity index is 125. The highest BCUT2D eigenvalue weighted by atomic mass is 16.7. The van der Waals surface area contributed by atoms with E-state index in [2.05, 4.69) is 0 Å². The summed E-state index contributed by atoms with van der Waals surface area (Å²) < 4.78 is 9.70. The van der Waals surface area contributed by atoms with E-state index in [-0.39, 0.29) is 0 Å². The van der Waals surface area contributed by atoms with Gasteiger partial charge in [0.1, 0.15) is 6.10 Å². The predicted molar refractivity (Wildman–Crippen MR) is 32.4 cm³/mol. The van der Waals surface area contributed by atoms with E-state index < -0.39 is 18.5 Å². The Kier molecular flexibility index (Phi) is 2.37. The second-order valence-corrected chi connectivity index (χ2v) is 2.21. The van der Waals surface area contributed by atoms with Gasteiger partial charge in [0.2, 0.25) is 0 Å². The summed E-state index contributed by atoms with van der Waals surface area (Å²) in [6.45, 7) is 0. The normalized spacial score (nSPS) is 40.0. The molecule has 1 aliphatic rings. The number of carbonyl (C=O) groups is 1. The number of hydrogen-bond acceptors (Lipinski definition) is 4. The maximum Gasteiger partial charge on any atom is 0.160 e. The van der Waals surface area contributed by atoms with E-state index in [4.69, 9.17) is 14.6 Å². The zero-order valence-corrected chi connectivity index (χ0v) is 5.69. The third-order valence-corrected chi connectivity index (χ3v) is 1.52. The van der Waals surface area contributed by atoms with Crippen molar-refractivity contribution < 1.29 is 19.4 Å². The smallest absolute Gasteiger partial charge is 0.160 e. The van der Waals surface area contributed by atoms with Crippen LogP contribution < -0.4 is 0 Å². The molecule has 0 unspecified atom stereocenters. The number of ether oxygens (including phenoxy) is 2. The molecule has 0 aromatic rings. The Morgan fingerprint density at radius 1 is 1.80 bits per heavy atom. The van der Waals surface area contributed by atoms with Gasteiger partial charge in [-0.1, -0.05) is 0 Å². The van der Waals surface area contributed by atoms with Crippen LogP contribution >= 0.6 is 0 Å². The standard InChI is InChI=1S/C6H10O4/c1-9-6-2-4(8)5(3-7)10-6/h3-6,8H,2H2,1H3/t4-,5-,6+/m0/s1. The Hall–Kier alpha value is -0.450. The van der Waals surface area contributed by atoms with Gasteiger partial charge in [0.05, 0.1) is 6.10 Å². The molecule has 1 rings (SSSR count). The van der Waals surface area contributed by atoms with Crippen LogP contribution in [0.25, 0.3) is 0 Å². The van der Waals surface area contributed by atoms with Gasteiger partial charge in [-0.3, -0.25) is 0 Å². The lowest BCUT2D eigenvalue weighted by Crippen LogP contribution is -2.21. The van der Waals surface area contributed by atoms with Crippen LogP contribution in [-0.2, 0) is 14.3 Å². The molecule has 3 atom stereocenters. The molecule has 1 fully saturated rings. The lowest BCUT2D eigenvalue weighted by Gasteiger charge is -2.05. The van der Waals surface area contributed by atoms with Crippen molar-refractivity contribution in [2.24, 2.45) is 0 Å². The second kappa shape index (κ2) is 3.09. The maximum absolute atomic E-state index is 10.1. The van der Waals surface area contributed by atoms with Gasteiger partial charge in [-0.25, -0.2) is 0 Å². The summed E-state index contributed by atoms with van der Waals surface area (Å²) in [6, 6.07) is 0. The first-order valence-corrected chi connectivity index (χ1v) is 3.09. The Morgan fingerprint density at radius 3 is 2.80 bits per heavy atom. The van der Waals surface area contributed by atoms with Gasteiger partial charge in [0.25, 0.3) is 0 Å². The molecule has 0 amide bonds. The minimum absolute atomic E-state index is 0.375. The van der Waals surface area contributed by atoms with E-state index >= 15 is 0 Å². The molecule has 4 heteroatoms. The van der Waals surface area contributed by atoms with E-state index in [0.717, 1.165) is 0 Å². The van der Waals surface area contributed by atoms with Crippen LogP contribution in [0.4, 0.5) is 0 Å². The summed E-state index contributed by atoms with van der Waals surface area (Å²) in [4.78, 5) is 10.1. The SMILES string of the molecule is CO[C@H]1C[C@H](O)[C@H](C=O)O1. The van der Waals surface area contributed by atoms with Gasteiger partial charge in [0, 0.05) is 13.5 Å². The van der Waals surface area contributed by atoms with Crippen molar-refractivity contribution in [3.63, 3.8) is 0 Å². The van der Waals surface area contributed by atoms with Crippen LogP contribution in [0.3, 0.4) is 0 Å². The first-order chi connectivity index (χ1) is 4.77. The van der Waals surface area contributed by atoms with Crippen LogP contribution in [0.5, 0.6) is 0 Å². The fourth-order valence-electron chi connectivity index (χ4n) is 0.927. The van der Waals surface area contributed by atoms with Crippen molar-refractivity contribution in [2.75, 3.05) is 7.11 Å². The summed E-state index contributed by atoms with van der Waals surface area (Å²) in [5.41, 5.74) is 0. The molecule has 58 valence electrons. The van der Waals surface area contributed by atoms with Crippen molar-refractivity contribution in [3.05, 3.63) is 0 Å². The van der Waals surface area contributed by atoms with Gasteiger partial charge in [-0.2, -0.15) is 0 Å². The molecule has 10 heavy (non-hydrogen) atoms. The van der Waals surface area contributed by atoms with Crippen molar-refractivity contribution in [3.8, 4) is 0 Å². The summed E-state index contributed by atoms with van der Waals surface area (Å²) in [5, 5.41) is 9.05. The molecular weight excluding hydrogens is 136 g/mol. The molecule has 0 aliphatic carbocycles. The van der Waals surface area contributed by atoms with E-state index in [9.17, 15) is 4.79 Å². The highest BCUT2D eigenvalue weighted by Crippen LogP contribution is 2.18. The molecule has 0 radical (unpaired) electrons. The van der Waals surface area contributed by atoms with E-state index in [1.807, 2.05) is 0 Å². The van der Waals surface area contributed by atoms with Crippen LogP contribution in [-0.4, -0.2) is 37.0 Å². The first-order valence-electron chi connectivity index (χ1n) is 3.09. The Balaban J connectivity index is 2.43. The third kappa shape index (κ3) is 1.34. The molecule has 0 aromatic heterocycles. The van der Waals surface area contributed by atoms with Crippen LogP contribution in [0.1, 0.15) is 6.42 Å². The summed E-state index contributed by atoms with van der Waals surface area (Å²) in [6.07, 6.45) is -0.874. The van der Waals surface area contributed by atoms with Crippen molar-refractivity contribution >= 4 is 6.29 Å². The zero-order chi connectivity index (χ0) is 7.56. The molecule has 1 heterocycles. The van der Waals surface area contributed by atoms with E-state index in [1.54, 1.807) is 0 Å². The molecule has 1 aliphatic heterocycles. The van der Waals surface area contributed by atoms with Crippen LogP contribution in [0, 0.1) is 0 Å². The monoisotopic (exact) mass is 146 g/mol. The molecular formula is C6H10O4. The van der Waals surface area contributed by atoms with Gasteiger partial charge in [0.15, 0.2) is 12.6 Å².